The number of hydrogen-bond donors (Lipinski definition) is 1. The molecule has 0 saturated heterocycles. The molecule has 4 saturated carbocycles. The second kappa shape index (κ2) is 4.82. The topological polar surface area (TPSA) is 37.3 Å². The SMILES string of the molecule is C[C@@H]1C[C@@]2(C)[C@@H](CC[C@@H]3[C@H]2CC[C@]2(C)[C@H](O)CC[C@H]32)CC1=O. The first kappa shape index (κ1) is 15.2. The molecule has 1 N–H and O–H groups in total. The first-order valence-corrected chi connectivity index (χ1v) is 9.57. The highest BCUT2D eigenvalue weighted by molar-refractivity contribution is 5.82. The first-order chi connectivity index (χ1) is 10.4. The number of hydrogen-bond acceptors (Lipinski definition) is 2. The summed E-state index contributed by atoms with van der Waals surface area (Å²) in [5, 5.41) is 10.5. The molecule has 0 aromatic rings. The fourth-order valence-corrected chi connectivity index (χ4v) is 7.38. The minimum atomic E-state index is -0.0733. The first-order valence-electron chi connectivity index (χ1n) is 9.57. The predicted molar refractivity (Wildman–Crippen MR) is 87.3 cm³/mol. The van der Waals surface area contributed by atoms with Crippen LogP contribution in [0.25, 0.3) is 0 Å². The van der Waals surface area contributed by atoms with E-state index in [1.807, 2.05) is 0 Å². The van der Waals surface area contributed by atoms with Crippen LogP contribution in [0.2, 0.25) is 0 Å². The lowest BCUT2D eigenvalue weighted by Gasteiger charge is -2.60. The smallest absolute Gasteiger partial charge is 0.136 e. The Morgan fingerprint density at radius 2 is 1.73 bits per heavy atom. The largest absolute Gasteiger partial charge is 0.393 e. The van der Waals surface area contributed by atoms with Crippen LogP contribution in [-0.2, 0) is 4.79 Å². The van der Waals surface area contributed by atoms with Crippen molar-refractivity contribution in [3.63, 3.8) is 0 Å². The molecule has 0 spiro atoms. The van der Waals surface area contributed by atoms with Gasteiger partial charge in [-0.05, 0) is 79.4 Å². The van der Waals surface area contributed by atoms with Crippen molar-refractivity contribution in [1.29, 1.82) is 0 Å². The zero-order chi connectivity index (χ0) is 15.7. The third-order valence-electron chi connectivity index (χ3n) is 8.76. The second-order valence-corrected chi connectivity index (χ2v) is 9.57. The maximum absolute atomic E-state index is 12.2. The molecule has 22 heavy (non-hydrogen) atoms. The molecule has 0 bridgehead atoms. The van der Waals surface area contributed by atoms with Crippen molar-refractivity contribution in [1.82, 2.24) is 0 Å². The monoisotopic (exact) mass is 304 g/mol. The minimum absolute atomic E-state index is 0.0733. The van der Waals surface area contributed by atoms with Gasteiger partial charge in [0.2, 0.25) is 0 Å². The average Bonchev–Trinajstić information content (AvgIpc) is 2.77. The van der Waals surface area contributed by atoms with Gasteiger partial charge in [-0.2, -0.15) is 0 Å². The standard InChI is InChI=1S/C20H32O2/c1-12-11-20(3)13(10-17(12)21)4-5-14-15-6-7-18(22)19(15,2)9-8-16(14)20/h12-16,18,22H,4-11H2,1-3H3/t12-,13+,14+,15-,16-,18-,19+,20+/m1/s1. The van der Waals surface area contributed by atoms with E-state index in [4.69, 9.17) is 0 Å². The van der Waals surface area contributed by atoms with Crippen LogP contribution < -0.4 is 0 Å². The summed E-state index contributed by atoms with van der Waals surface area (Å²) < 4.78 is 0. The van der Waals surface area contributed by atoms with Gasteiger partial charge in [-0.15, -0.1) is 0 Å². The van der Waals surface area contributed by atoms with Gasteiger partial charge in [-0.1, -0.05) is 20.8 Å². The molecule has 0 radical (unpaired) electrons. The van der Waals surface area contributed by atoms with Crippen LogP contribution in [0.3, 0.4) is 0 Å². The maximum Gasteiger partial charge on any atom is 0.136 e. The molecule has 2 heteroatoms. The highest BCUT2D eigenvalue weighted by Gasteiger charge is 2.60. The number of rotatable bonds is 0. The predicted octanol–water partition coefficient (Wildman–Crippen LogP) is 4.21. The zero-order valence-corrected chi connectivity index (χ0v) is 14.5. The number of Topliss-reactive ketones (excluding diaryl/α,β-unsaturated/α-hetero) is 1. The van der Waals surface area contributed by atoms with E-state index in [0.29, 0.717) is 17.1 Å². The molecule has 0 aromatic carbocycles. The molecule has 4 aliphatic rings. The van der Waals surface area contributed by atoms with Crippen LogP contribution in [0.1, 0.15) is 72.1 Å². The molecule has 0 heterocycles. The summed E-state index contributed by atoms with van der Waals surface area (Å²) in [5.74, 6) is 3.74. The molecule has 4 fully saturated rings. The molecule has 0 aromatic heterocycles. The van der Waals surface area contributed by atoms with Gasteiger partial charge >= 0.3 is 0 Å². The summed E-state index contributed by atoms with van der Waals surface area (Å²) in [6.45, 7) is 7.01. The Morgan fingerprint density at radius 3 is 2.50 bits per heavy atom. The van der Waals surface area contributed by atoms with Gasteiger partial charge in [0.25, 0.3) is 0 Å². The number of aliphatic hydroxyl groups is 1. The zero-order valence-electron chi connectivity index (χ0n) is 14.5. The van der Waals surface area contributed by atoms with Crippen molar-refractivity contribution >= 4 is 5.78 Å². The highest BCUT2D eigenvalue weighted by Crippen LogP contribution is 2.66. The number of fused-ring (bicyclic) bond motifs is 5. The Bertz CT molecular complexity index is 486. The van der Waals surface area contributed by atoms with E-state index in [1.165, 1.54) is 32.1 Å². The van der Waals surface area contributed by atoms with Gasteiger partial charge in [-0.3, -0.25) is 4.79 Å². The molecule has 0 amide bonds. The van der Waals surface area contributed by atoms with Crippen LogP contribution in [0.15, 0.2) is 0 Å². The van der Waals surface area contributed by atoms with E-state index in [-0.39, 0.29) is 17.4 Å². The average molecular weight is 304 g/mol. The van der Waals surface area contributed by atoms with Gasteiger partial charge in [0.15, 0.2) is 0 Å². The Morgan fingerprint density at radius 1 is 1.00 bits per heavy atom. The lowest BCUT2D eigenvalue weighted by Crippen LogP contribution is -2.55. The molecule has 4 aliphatic carbocycles. The lowest BCUT2D eigenvalue weighted by molar-refractivity contribution is -0.148. The van der Waals surface area contributed by atoms with Gasteiger partial charge < -0.3 is 5.11 Å². The van der Waals surface area contributed by atoms with Crippen molar-refractivity contribution in [3.8, 4) is 0 Å². The van der Waals surface area contributed by atoms with E-state index >= 15 is 0 Å². The maximum atomic E-state index is 12.2. The van der Waals surface area contributed by atoms with Crippen LogP contribution in [0.4, 0.5) is 0 Å². The van der Waals surface area contributed by atoms with Gasteiger partial charge in [0.1, 0.15) is 5.78 Å². The lowest BCUT2D eigenvalue weighted by atomic mass is 9.44. The number of carbonyl (C=O) groups is 1. The van der Waals surface area contributed by atoms with E-state index in [2.05, 4.69) is 20.8 Å². The second-order valence-electron chi connectivity index (χ2n) is 9.57. The number of carbonyl (C=O) groups excluding carboxylic acids is 1. The summed E-state index contributed by atoms with van der Waals surface area (Å²) in [6.07, 6.45) is 9.16. The third-order valence-corrected chi connectivity index (χ3v) is 8.76. The summed E-state index contributed by atoms with van der Waals surface area (Å²) >= 11 is 0. The Kier molecular flexibility index (Phi) is 3.32. The summed E-state index contributed by atoms with van der Waals surface area (Å²) in [5.41, 5.74) is 0.561. The molecule has 4 rings (SSSR count). The van der Waals surface area contributed by atoms with Crippen LogP contribution >= 0.6 is 0 Å². The van der Waals surface area contributed by atoms with Gasteiger partial charge in [0.05, 0.1) is 6.10 Å². The van der Waals surface area contributed by atoms with Crippen molar-refractivity contribution in [3.05, 3.63) is 0 Å². The summed E-state index contributed by atoms with van der Waals surface area (Å²) in [4.78, 5) is 12.2. The Hall–Kier alpha value is -0.370. The number of aliphatic hydroxyl groups excluding tert-OH is 1. The van der Waals surface area contributed by atoms with Crippen molar-refractivity contribution < 1.29 is 9.90 Å². The minimum Gasteiger partial charge on any atom is -0.393 e. The van der Waals surface area contributed by atoms with E-state index < -0.39 is 0 Å². The van der Waals surface area contributed by atoms with E-state index in [1.54, 1.807) is 0 Å². The van der Waals surface area contributed by atoms with Crippen molar-refractivity contribution in [2.75, 3.05) is 0 Å². The van der Waals surface area contributed by atoms with Gasteiger partial charge in [-0.25, -0.2) is 0 Å². The van der Waals surface area contributed by atoms with Crippen LogP contribution in [0, 0.1) is 40.4 Å². The molecule has 2 nitrogen and oxygen atoms in total. The fraction of sp³-hybridized carbons (Fsp3) is 0.950. The van der Waals surface area contributed by atoms with Crippen LogP contribution in [-0.4, -0.2) is 17.0 Å². The van der Waals surface area contributed by atoms with E-state index in [0.717, 1.165) is 37.0 Å². The fourth-order valence-electron chi connectivity index (χ4n) is 7.38. The summed E-state index contributed by atoms with van der Waals surface area (Å²) in [6, 6.07) is 0. The Balaban J connectivity index is 1.65. The molecule has 0 aliphatic heterocycles. The normalized spacial score (nSPS) is 57.9. The molecular formula is C20H32O2. The van der Waals surface area contributed by atoms with Crippen molar-refractivity contribution in [2.24, 2.45) is 40.4 Å². The van der Waals surface area contributed by atoms with Gasteiger partial charge in [0, 0.05) is 12.3 Å². The quantitative estimate of drug-likeness (QED) is 0.728. The van der Waals surface area contributed by atoms with Crippen molar-refractivity contribution in [2.45, 2.75) is 78.2 Å². The molecule has 8 atom stereocenters. The summed E-state index contributed by atoms with van der Waals surface area (Å²) in [7, 11) is 0. The molecular weight excluding hydrogens is 272 g/mol. The molecule has 0 unspecified atom stereocenters. The van der Waals surface area contributed by atoms with Crippen LogP contribution in [0.5, 0.6) is 0 Å². The highest BCUT2D eigenvalue weighted by atomic mass is 16.3. The Labute approximate surface area is 135 Å². The number of ketones is 1. The van der Waals surface area contributed by atoms with E-state index in [9.17, 15) is 9.90 Å². The molecule has 124 valence electrons. The third kappa shape index (κ3) is 1.85.